The fourth-order valence-electron chi connectivity index (χ4n) is 3.03. The Labute approximate surface area is 171 Å². The molecule has 0 aliphatic heterocycles. The predicted molar refractivity (Wildman–Crippen MR) is 105 cm³/mol. The van der Waals surface area contributed by atoms with Gasteiger partial charge in [0.15, 0.2) is 0 Å². The van der Waals surface area contributed by atoms with Crippen molar-refractivity contribution in [3.63, 3.8) is 0 Å². The zero-order chi connectivity index (χ0) is 21.7. The number of anilines is 1. The van der Waals surface area contributed by atoms with E-state index < -0.39 is 35.9 Å². The van der Waals surface area contributed by atoms with Gasteiger partial charge in [0.05, 0.1) is 5.56 Å². The lowest BCUT2D eigenvalue weighted by Crippen LogP contribution is -2.31. The van der Waals surface area contributed by atoms with Crippen LogP contribution in [-0.4, -0.2) is 54.5 Å². The minimum Gasteiger partial charge on any atom is -0.383 e. The third-order valence-corrected chi connectivity index (χ3v) is 7.19. The second-order valence-electron chi connectivity index (χ2n) is 6.66. The Kier molecular flexibility index (Phi) is 4.78. The lowest BCUT2D eigenvalue weighted by atomic mass is 9.99. The van der Waals surface area contributed by atoms with E-state index >= 15 is 0 Å². The maximum atomic E-state index is 12.9. The van der Waals surface area contributed by atoms with Crippen LogP contribution in [0.3, 0.4) is 0 Å². The molecule has 0 unspecified atom stereocenters. The van der Waals surface area contributed by atoms with E-state index in [0.29, 0.717) is 12.0 Å². The molecular formula is C15H17N9O4S2. The first-order chi connectivity index (χ1) is 14.1. The fraction of sp³-hybridized carbons (Fsp3) is 0.200. The minimum atomic E-state index is -4.58. The molecular weight excluding hydrogens is 434 g/mol. The molecule has 1 aromatic carbocycles. The lowest BCUT2D eigenvalue weighted by molar-refractivity contribution is 0.572. The van der Waals surface area contributed by atoms with Crippen molar-refractivity contribution < 1.29 is 16.8 Å². The molecule has 2 aromatic heterocycles. The van der Waals surface area contributed by atoms with Gasteiger partial charge in [-0.25, -0.2) is 31.7 Å². The van der Waals surface area contributed by atoms with Gasteiger partial charge in [-0.3, -0.25) is 0 Å². The Balaban J connectivity index is 2.06. The molecule has 13 nitrogen and oxygen atoms in total. The first-order valence-electron chi connectivity index (χ1n) is 8.52. The second-order valence-corrected chi connectivity index (χ2v) is 9.84. The molecule has 8 N–H and O–H groups in total. The van der Waals surface area contributed by atoms with Crippen LogP contribution in [0.5, 0.6) is 0 Å². The Morgan fingerprint density at radius 3 is 2.43 bits per heavy atom. The molecule has 2 heterocycles. The summed E-state index contributed by atoms with van der Waals surface area (Å²) in [5.41, 5.74) is 12.0. The van der Waals surface area contributed by atoms with Gasteiger partial charge in [-0.15, -0.1) is 10.2 Å². The van der Waals surface area contributed by atoms with E-state index in [9.17, 15) is 16.8 Å². The number of rotatable bonds is 6. The normalized spacial score (nSPS) is 19.0. The van der Waals surface area contributed by atoms with Crippen LogP contribution in [0.25, 0.3) is 22.5 Å². The van der Waals surface area contributed by atoms with E-state index in [1.807, 2.05) is 0 Å². The molecule has 0 bridgehead atoms. The first kappa shape index (κ1) is 20.3. The second kappa shape index (κ2) is 7.06. The minimum absolute atomic E-state index is 0.0836. The molecule has 1 saturated carbocycles. The van der Waals surface area contributed by atoms with Crippen molar-refractivity contribution in [3.8, 4) is 22.5 Å². The van der Waals surface area contributed by atoms with Gasteiger partial charge in [-0.1, -0.05) is 6.07 Å². The zero-order valence-electron chi connectivity index (χ0n) is 15.2. The molecule has 0 radical (unpaired) electrons. The Bertz CT molecular complexity index is 1320. The summed E-state index contributed by atoms with van der Waals surface area (Å²) < 4.78 is 53.4. The third kappa shape index (κ3) is 3.63. The van der Waals surface area contributed by atoms with Crippen molar-refractivity contribution in [1.82, 2.24) is 30.3 Å². The van der Waals surface area contributed by atoms with Gasteiger partial charge in [0.2, 0.25) is 25.9 Å². The summed E-state index contributed by atoms with van der Waals surface area (Å²) in [6, 6.07) is 4.85. The third-order valence-electron chi connectivity index (χ3n) is 4.54. The van der Waals surface area contributed by atoms with Crippen LogP contribution in [0, 0.1) is 0 Å². The lowest BCUT2D eigenvalue weighted by Gasteiger charge is -2.17. The highest BCUT2D eigenvalue weighted by molar-refractivity contribution is 7.92. The number of nitrogen functional groups attached to an aromatic ring is 1. The molecule has 0 spiro atoms. The number of hydrogen-bond acceptors (Lipinski definition) is 10. The van der Waals surface area contributed by atoms with Crippen molar-refractivity contribution in [2.45, 2.75) is 28.3 Å². The summed E-state index contributed by atoms with van der Waals surface area (Å²) in [6.45, 7) is 0. The number of aromatic nitrogens is 5. The molecule has 1 aliphatic carbocycles. The van der Waals surface area contributed by atoms with E-state index in [-0.39, 0.29) is 28.8 Å². The molecule has 15 heteroatoms. The van der Waals surface area contributed by atoms with Gasteiger partial charge < -0.3 is 11.5 Å². The summed E-state index contributed by atoms with van der Waals surface area (Å²) in [7, 11) is -8.87. The number of hydrogen-bond donors (Lipinski definition) is 5. The number of nitrogens with one attached hydrogen (secondary N) is 2. The molecule has 2 atom stereocenters. The summed E-state index contributed by atoms with van der Waals surface area (Å²) in [6.07, 6.45) is 1.89. The van der Waals surface area contributed by atoms with Crippen LogP contribution in [0.4, 0.5) is 5.82 Å². The Hall–Kier alpha value is -2.98. The van der Waals surface area contributed by atoms with Crippen LogP contribution in [-0.2, 0) is 20.0 Å². The fourth-order valence-corrected chi connectivity index (χ4v) is 5.93. The number of nitrogens with two attached hydrogens (primary N) is 3. The Morgan fingerprint density at radius 2 is 1.87 bits per heavy atom. The summed E-state index contributed by atoms with van der Waals surface area (Å²) in [5, 5.41) is 18.7. The maximum absolute atomic E-state index is 12.9. The number of benzene rings is 1. The highest BCUT2D eigenvalue weighted by atomic mass is 32.2. The van der Waals surface area contributed by atoms with Crippen LogP contribution >= 0.6 is 0 Å². The molecule has 1 aliphatic rings. The van der Waals surface area contributed by atoms with E-state index in [0.717, 1.165) is 6.07 Å². The van der Waals surface area contributed by atoms with E-state index in [1.165, 1.54) is 12.3 Å². The van der Waals surface area contributed by atoms with Crippen LogP contribution in [0.15, 0.2) is 40.3 Å². The standard InChI is InChI=1S/C15H17N9O4S2/c16-9-6-10(9)22-30(27,28)11-4-3-7(8-2-1-5-19-14(8)17)12(13(11)29(18,25)26)15-20-23-24-21-15/h1-5,9-10,22H,6,16H2,(H2,17,19)(H2,18,25,26)(H,20,21,23,24)/t9-,10-/m0/s1. The van der Waals surface area contributed by atoms with E-state index in [1.54, 1.807) is 12.1 Å². The van der Waals surface area contributed by atoms with Gasteiger partial charge >= 0.3 is 0 Å². The molecule has 3 aromatic rings. The molecule has 1 fully saturated rings. The van der Waals surface area contributed by atoms with Crippen LogP contribution in [0.1, 0.15) is 6.42 Å². The summed E-state index contributed by atoms with van der Waals surface area (Å²) in [4.78, 5) is 2.74. The van der Waals surface area contributed by atoms with Crippen molar-refractivity contribution >= 4 is 25.9 Å². The molecule has 158 valence electrons. The van der Waals surface area contributed by atoms with Crippen LogP contribution < -0.4 is 21.3 Å². The van der Waals surface area contributed by atoms with Crippen molar-refractivity contribution in [2.75, 3.05) is 5.73 Å². The molecule has 30 heavy (non-hydrogen) atoms. The van der Waals surface area contributed by atoms with Gasteiger partial charge in [0.25, 0.3) is 0 Å². The smallest absolute Gasteiger partial charge is 0.242 e. The number of sulfonamides is 2. The van der Waals surface area contributed by atoms with Gasteiger partial charge in [-0.2, -0.15) is 5.21 Å². The highest BCUT2D eigenvalue weighted by Crippen LogP contribution is 2.40. The zero-order valence-corrected chi connectivity index (χ0v) is 16.9. The largest absolute Gasteiger partial charge is 0.383 e. The van der Waals surface area contributed by atoms with E-state index in [2.05, 4.69) is 30.3 Å². The number of aromatic amines is 1. The Morgan fingerprint density at radius 1 is 1.13 bits per heavy atom. The van der Waals surface area contributed by atoms with E-state index in [4.69, 9.17) is 16.6 Å². The predicted octanol–water partition coefficient (Wildman–Crippen LogP) is -1.46. The maximum Gasteiger partial charge on any atom is 0.242 e. The quantitative estimate of drug-likeness (QED) is 0.292. The average Bonchev–Trinajstić information content (AvgIpc) is 3.13. The van der Waals surface area contributed by atoms with Gasteiger partial charge in [0.1, 0.15) is 15.6 Å². The summed E-state index contributed by atoms with van der Waals surface area (Å²) >= 11 is 0. The molecule has 0 saturated heterocycles. The number of nitrogens with zero attached hydrogens (tertiary/aromatic N) is 4. The van der Waals surface area contributed by atoms with Gasteiger partial charge in [0, 0.05) is 23.8 Å². The van der Waals surface area contributed by atoms with Crippen molar-refractivity contribution in [2.24, 2.45) is 10.9 Å². The molecule has 4 rings (SSSR count). The number of primary sulfonamides is 1. The average molecular weight is 451 g/mol. The monoisotopic (exact) mass is 451 g/mol. The van der Waals surface area contributed by atoms with Crippen LogP contribution in [0.2, 0.25) is 0 Å². The van der Waals surface area contributed by atoms with Crippen molar-refractivity contribution in [3.05, 3.63) is 30.5 Å². The highest BCUT2D eigenvalue weighted by Gasteiger charge is 2.40. The number of tetrazole rings is 1. The topological polar surface area (TPSA) is 226 Å². The number of pyridine rings is 1. The molecule has 0 amide bonds. The number of H-pyrrole nitrogens is 1. The first-order valence-corrected chi connectivity index (χ1v) is 11.5. The van der Waals surface area contributed by atoms with Gasteiger partial charge in [-0.05, 0) is 35.4 Å². The summed E-state index contributed by atoms with van der Waals surface area (Å²) in [5.74, 6) is -0.0993. The SMILES string of the molecule is Nc1ncccc1-c1ccc(S(=O)(=O)N[C@H]2C[C@@H]2N)c(S(N)(=O)=O)c1-c1nn[nH]n1. The van der Waals surface area contributed by atoms with Crippen molar-refractivity contribution in [1.29, 1.82) is 0 Å².